The Labute approximate surface area is 135 Å². The average molecular weight is 306 g/mol. The number of carbonyl (C=O) groups is 1. The van der Waals surface area contributed by atoms with Crippen molar-refractivity contribution in [3.8, 4) is 0 Å². The third kappa shape index (κ3) is 3.63. The highest BCUT2D eigenvalue weighted by Crippen LogP contribution is 2.14. The van der Waals surface area contributed by atoms with Gasteiger partial charge >= 0.3 is 0 Å². The number of carbonyl (C=O) groups excluding carboxylic acids is 1. The van der Waals surface area contributed by atoms with Gasteiger partial charge in [0, 0.05) is 17.6 Å². The van der Waals surface area contributed by atoms with E-state index in [4.69, 9.17) is 0 Å². The molecule has 0 radical (unpaired) electrons. The van der Waals surface area contributed by atoms with Gasteiger partial charge in [-0.05, 0) is 49.7 Å². The van der Waals surface area contributed by atoms with E-state index in [-0.39, 0.29) is 5.91 Å². The third-order valence-electron chi connectivity index (χ3n) is 3.52. The number of amides is 1. The Bertz CT molecular complexity index is 824. The lowest BCUT2D eigenvalue weighted by Crippen LogP contribution is -2.13. The summed E-state index contributed by atoms with van der Waals surface area (Å²) in [5.41, 5.74) is 4.35. The molecule has 0 fully saturated rings. The number of anilines is 1. The predicted octanol–water partition coefficient (Wildman–Crippen LogP) is 3.20. The first kappa shape index (κ1) is 15.0. The van der Waals surface area contributed by atoms with Gasteiger partial charge in [-0.1, -0.05) is 18.2 Å². The number of nitrogens with one attached hydrogen (secondary N) is 1. The van der Waals surface area contributed by atoms with Gasteiger partial charge in [-0.25, -0.2) is 0 Å². The normalized spacial score (nSPS) is 10.5. The molecule has 1 amide bonds. The van der Waals surface area contributed by atoms with E-state index in [0.29, 0.717) is 12.2 Å². The topological polar surface area (TPSA) is 59.8 Å². The first-order valence-electron chi connectivity index (χ1n) is 7.44. The van der Waals surface area contributed by atoms with Crippen molar-refractivity contribution in [2.75, 3.05) is 5.32 Å². The lowest BCUT2D eigenvalue weighted by molar-refractivity contribution is 0.102. The van der Waals surface area contributed by atoms with Crippen molar-refractivity contribution in [2.24, 2.45) is 0 Å². The van der Waals surface area contributed by atoms with Crippen molar-refractivity contribution in [3.63, 3.8) is 0 Å². The summed E-state index contributed by atoms with van der Waals surface area (Å²) in [6.07, 6.45) is 1.61. The van der Waals surface area contributed by atoms with Gasteiger partial charge < -0.3 is 5.32 Å². The van der Waals surface area contributed by atoms with Gasteiger partial charge in [0.1, 0.15) is 5.69 Å². The lowest BCUT2D eigenvalue weighted by Gasteiger charge is -2.08. The number of aryl methyl sites for hydroxylation is 2. The van der Waals surface area contributed by atoms with Crippen molar-refractivity contribution >= 4 is 11.6 Å². The second-order valence-electron chi connectivity index (χ2n) is 5.45. The van der Waals surface area contributed by atoms with Crippen LogP contribution < -0.4 is 5.32 Å². The molecule has 0 aliphatic carbocycles. The summed E-state index contributed by atoms with van der Waals surface area (Å²) in [7, 11) is 0. The molecule has 0 atom stereocenters. The highest BCUT2D eigenvalue weighted by atomic mass is 16.1. The molecule has 2 aromatic heterocycles. The van der Waals surface area contributed by atoms with Crippen LogP contribution in [-0.2, 0) is 6.54 Å². The maximum atomic E-state index is 12.1. The molecule has 0 aliphatic heterocycles. The fraction of sp³-hybridized carbons (Fsp3) is 0.167. The summed E-state index contributed by atoms with van der Waals surface area (Å²) in [6.45, 7) is 4.69. The molecule has 1 aromatic carbocycles. The maximum Gasteiger partial charge on any atom is 0.274 e. The largest absolute Gasteiger partial charge is 0.321 e. The van der Waals surface area contributed by atoms with E-state index < -0.39 is 0 Å². The van der Waals surface area contributed by atoms with Crippen molar-refractivity contribution in [1.82, 2.24) is 14.8 Å². The molecule has 23 heavy (non-hydrogen) atoms. The summed E-state index contributed by atoms with van der Waals surface area (Å²) < 4.78 is 1.95. The SMILES string of the molecule is Cc1cc(C)n(Cc2cccc(NC(=O)c3ccccn3)c2)n1. The second-order valence-corrected chi connectivity index (χ2v) is 5.45. The number of hydrogen-bond acceptors (Lipinski definition) is 3. The van der Waals surface area contributed by atoms with Crippen molar-refractivity contribution < 1.29 is 4.79 Å². The molecule has 0 aliphatic rings. The van der Waals surface area contributed by atoms with E-state index >= 15 is 0 Å². The molecule has 3 aromatic rings. The Morgan fingerprint density at radius 3 is 2.70 bits per heavy atom. The van der Waals surface area contributed by atoms with Crippen LogP contribution in [-0.4, -0.2) is 20.7 Å². The third-order valence-corrected chi connectivity index (χ3v) is 3.52. The first-order chi connectivity index (χ1) is 11.1. The fourth-order valence-electron chi connectivity index (χ4n) is 2.45. The van der Waals surface area contributed by atoms with Crippen molar-refractivity contribution in [1.29, 1.82) is 0 Å². The van der Waals surface area contributed by atoms with E-state index in [1.54, 1.807) is 24.4 Å². The van der Waals surface area contributed by atoms with E-state index in [0.717, 1.165) is 22.6 Å². The smallest absolute Gasteiger partial charge is 0.274 e. The number of aromatic nitrogens is 3. The molecular formula is C18H18N4O. The summed E-state index contributed by atoms with van der Waals surface area (Å²) in [6, 6.07) is 15.1. The van der Waals surface area contributed by atoms with Gasteiger partial charge in [-0.15, -0.1) is 0 Å². The van der Waals surface area contributed by atoms with Crippen LogP contribution in [0.3, 0.4) is 0 Å². The minimum atomic E-state index is -0.214. The molecule has 3 rings (SSSR count). The van der Waals surface area contributed by atoms with Crippen LogP contribution >= 0.6 is 0 Å². The van der Waals surface area contributed by atoms with E-state index in [9.17, 15) is 4.79 Å². The molecule has 0 saturated carbocycles. The van der Waals surface area contributed by atoms with Gasteiger partial charge in [0.05, 0.1) is 12.2 Å². The zero-order chi connectivity index (χ0) is 16.2. The predicted molar refractivity (Wildman–Crippen MR) is 89.4 cm³/mol. The Morgan fingerprint density at radius 2 is 2.00 bits per heavy atom. The molecule has 2 heterocycles. The minimum absolute atomic E-state index is 0.214. The van der Waals surface area contributed by atoms with Crippen LogP contribution in [0.5, 0.6) is 0 Å². The Kier molecular flexibility index (Phi) is 4.19. The molecule has 1 N–H and O–H groups in total. The lowest BCUT2D eigenvalue weighted by atomic mass is 10.2. The van der Waals surface area contributed by atoms with Crippen LogP contribution in [0.2, 0.25) is 0 Å². The number of benzene rings is 1. The molecule has 116 valence electrons. The molecule has 0 saturated heterocycles. The van der Waals surface area contributed by atoms with Gasteiger partial charge in [0.25, 0.3) is 5.91 Å². The molecule has 0 spiro atoms. The summed E-state index contributed by atoms with van der Waals surface area (Å²) in [4.78, 5) is 16.2. The summed E-state index contributed by atoms with van der Waals surface area (Å²) in [5, 5.41) is 7.34. The van der Waals surface area contributed by atoms with Crippen molar-refractivity contribution in [2.45, 2.75) is 20.4 Å². The van der Waals surface area contributed by atoms with Gasteiger partial charge in [-0.2, -0.15) is 5.10 Å². The van der Waals surface area contributed by atoms with Crippen LogP contribution in [0.15, 0.2) is 54.7 Å². The van der Waals surface area contributed by atoms with Crippen LogP contribution in [0.1, 0.15) is 27.4 Å². The van der Waals surface area contributed by atoms with Gasteiger partial charge in [0.15, 0.2) is 0 Å². The van der Waals surface area contributed by atoms with Gasteiger partial charge in [-0.3, -0.25) is 14.5 Å². The highest BCUT2D eigenvalue weighted by Gasteiger charge is 2.08. The zero-order valence-corrected chi connectivity index (χ0v) is 13.2. The first-order valence-corrected chi connectivity index (χ1v) is 7.44. The maximum absolute atomic E-state index is 12.1. The Morgan fingerprint density at radius 1 is 1.13 bits per heavy atom. The number of pyridine rings is 1. The average Bonchev–Trinajstić information content (AvgIpc) is 2.86. The second kappa shape index (κ2) is 6.44. The number of hydrogen-bond donors (Lipinski definition) is 1. The standard InChI is InChI=1S/C18H18N4O/c1-13-10-14(2)22(21-13)12-15-6-5-7-16(11-15)20-18(23)17-8-3-4-9-19-17/h3-11H,12H2,1-2H3,(H,20,23). The van der Waals surface area contributed by atoms with E-state index in [2.05, 4.69) is 15.4 Å². The van der Waals surface area contributed by atoms with Crippen LogP contribution in [0.25, 0.3) is 0 Å². The molecule has 5 heteroatoms. The van der Waals surface area contributed by atoms with Crippen LogP contribution in [0.4, 0.5) is 5.69 Å². The monoisotopic (exact) mass is 306 g/mol. The minimum Gasteiger partial charge on any atom is -0.321 e. The fourth-order valence-corrected chi connectivity index (χ4v) is 2.45. The Hall–Kier alpha value is -2.95. The van der Waals surface area contributed by atoms with Crippen molar-refractivity contribution in [3.05, 3.63) is 77.4 Å². The Balaban J connectivity index is 1.75. The number of nitrogens with zero attached hydrogens (tertiary/aromatic N) is 3. The molecular weight excluding hydrogens is 288 g/mol. The number of rotatable bonds is 4. The molecule has 0 bridgehead atoms. The summed E-state index contributed by atoms with van der Waals surface area (Å²) >= 11 is 0. The van der Waals surface area contributed by atoms with Crippen LogP contribution in [0, 0.1) is 13.8 Å². The van der Waals surface area contributed by atoms with E-state index in [1.165, 1.54) is 0 Å². The quantitative estimate of drug-likeness (QED) is 0.805. The summed E-state index contributed by atoms with van der Waals surface area (Å²) in [5.74, 6) is -0.214. The van der Waals surface area contributed by atoms with Gasteiger partial charge in [0.2, 0.25) is 0 Å². The molecule has 0 unspecified atom stereocenters. The zero-order valence-electron chi connectivity index (χ0n) is 13.2. The molecule has 5 nitrogen and oxygen atoms in total. The highest BCUT2D eigenvalue weighted by molar-refractivity contribution is 6.02. The van der Waals surface area contributed by atoms with E-state index in [1.807, 2.05) is 48.9 Å².